The van der Waals surface area contributed by atoms with Gasteiger partial charge in [-0.3, -0.25) is 9.67 Å². The van der Waals surface area contributed by atoms with Gasteiger partial charge in [-0.1, -0.05) is 0 Å². The summed E-state index contributed by atoms with van der Waals surface area (Å²) in [6, 6.07) is 12.4. The van der Waals surface area contributed by atoms with Gasteiger partial charge >= 0.3 is 0 Å². The zero-order valence-corrected chi connectivity index (χ0v) is 18.5. The second kappa shape index (κ2) is 8.46. The number of nitrogens with one attached hydrogen (secondary N) is 1. The van der Waals surface area contributed by atoms with E-state index in [-0.39, 0.29) is 11.8 Å². The molecule has 2 aromatic carbocycles. The SMILES string of the molecule is COc1cc2c(Oc3ccc4[nH]c(C)cc4c3F)ccnc2cc1OCC(C)n1cccn1. The van der Waals surface area contributed by atoms with Gasteiger partial charge < -0.3 is 19.2 Å². The average Bonchev–Trinajstić information content (AvgIpc) is 3.49. The highest BCUT2D eigenvalue weighted by atomic mass is 19.1. The topological polar surface area (TPSA) is 74.2 Å². The molecule has 5 rings (SSSR count). The van der Waals surface area contributed by atoms with E-state index in [1.54, 1.807) is 55.9 Å². The zero-order chi connectivity index (χ0) is 22.9. The molecular weight excluding hydrogens is 423 g/mol. The lowest BCUT2D eigenvalue weighted by Crippen LogP contribution is -2.14. The number of fused-ring (bicyclic) bond motifs is 2. The Hall–Kier alpha value is -4.07. The summed E-state index contributed by atoms with van der Waals surface area (Å²) in [6.45, 7) is 4.31. The lowest BCUT2D eigenvalue weighted by atomic mass is 10.1. The molecule has 0 saturated heterocycles. The minimum atomic E-state index is -0.415. The molecule has 0 aliphatic rings. The van der Waals surface area contributed by atoms with E-state index < -0.39 is 5.82 Å². The van der Waals surface area contributed by atoms with Crippen molar-refractivity contribution in [1.29, 1.82) is 0 Å². The molecule has 0 fully saturated rings. The smallest absolute Gasteiger partial charge is 0.175 e. The van der Waals surface area contributed by atoms with Crippen molar-refractivity contribution < 1.29 is 18.6 Å². The van der Waals surface area contributed by atoms with Crippen molar-refractivity contribution >= 4 is 21.8 Å². The Morgan fingerprint density at radius 3 is 2.70 bits per heavy atom. The van der Waals surface area contributed by atoms with E-state index in [1.165, 1.54) is 0 Å². The zero-order valence-electron chi connectivity index (χ0n) is 18.5. The number of pyridine rings is 1. The summed E-state index contributed by atoms with van der Waals surface area (Å²) in [4.78, 5) is 7.57. The normalized spacial score (nSPS) is 12.2. The van der Waals surface area contributed by atoms with Gasteiger partial charge in [-0.15, -0.1) is 0 Å². The van der Waals surface area contributed by atoms with E-state index in [1.807, 2.05) is 30.8 Å². The summed E-state index contributed by atoms with van der Waals surface area (Å²) in [5, 5.41) is 5.42. The second-order valence-corrected chi connectivity index (χ2v) is 7.87. The van der Waals surface area contributed by atoms with Crippen molar-refractivity contribution in [3.8, 4) is 23.0 Å². The van der Waals surface area contributed by atoms with Gasteiger partial charge in [0, 0.05) is 46.6 Å². The van der Waals surface area contributed by atoms with Crippen molar-refractivity contribution in [2.24, 2.45) is 0 Å². The number of aryl methyl sites for hydroxylation is 1. The van der Waals surface area contributed by atoms with Crippen LogP contribution in [0.2, 0.25) is 0 Å². The van der Waals surface area contributed by atoms with E-state index in [9.17, 15) is 0 Å². The van der Waals surface area contributed by atoms with E-state index in [0.29, 0.717) is 40.1 Å². The molecule has 0 bridgehead atoms. The van der Waals surface area contributed by atoms with Crippen molar-refractivity contribution in [3.05, 3.63) is 72.6 Å². The van der Waals surface area contributed by atoms with Gasteiger partial charge in [0.2, 0.25) is 0 Å². The molecule has 7 nitrogen and oxygen atoms in total. The minimum absolute atomic E-state index is 0.0398. The fraction of sp³-hybridized carbons (Fsp3) is 0.200. The fourth-order valence-corrected chi connectivity index (χ4v) is 3.80. The van der Waals surface area contributed by atoms with Crippen LogP contribution in [0.5, 0.6) is 23.0 Å². The molecule has 0 aliphatic carbocycles. The second-order valence-electron chi connectivity index (χ2n) is 7.87. The fourth-order valence-electron chi connectivity index (χ4n) is 3.80. The van der Waals surface area contributed by atoms with Gasteiger partial charge in [-0.25, -0.2) is 4.39 Å². The number of benzene rings is 2. The molecule has 5 aromatic rings. The molecule has 1 N–H and O–H groups in total. The van der Waals surface area contributed by atoms with Gasteiger partial charge in [0.1, 0.15) is 12.4 Å². The van der Waals surface area contributed by atoms with Crippen molar-refractivity contribution in [1.82, 2.24) is 19.7 Å². The number of nitrogens with zero attached hydrogens (tertiary/aromatic N) is 3. The van der Waals surface area contributed by atoms with Gasteiger partial charge in [-0.05, 0) is 50.2 Å². The van der Waals surface area contributed by atoms with Crippen LogP contribution in [-0.4, -0.2) is 33.5 Å². The first kappa shape index (κ1) is 20.8. The Kier molecular flexibility index (Phi) is 5.34. The summed E-state index contributed by atoms with van der Waals surface area (Å²) in [7, 11) is 1.57. The molecule has 3 heterocycles. The Labute approximate surface area is 189 Å². The maximum Gasteiger partial charge on any atom is 0.175 e. The Balaban J connectivity index is 1.46. The predicted molar refractivity (Wildman–Crippen MR) is 124 cm³/mol. The summed E-state index contributed by atoms with van der Waals surface area (Å²) >= 11 is 0. The molecule has 3 aromatic heterocycles. The molecule has 0 spiro atoms. The first-order valence-electron chi connectivity index (χ1n) is 10.6. The first-order valence-corrected chi connectivity index (χ1v) is 10.6. The van der Waals surface area contributed by atoms with Crippen LogP contribution in [0, 0.1) is 12.7 Å². The monoisotopic (exact) mass is 446 g/mol. The van der Waals surface area contributed by atoms with Crippen LogP contribution in [-0.2, 0) is 0 Å². The lowest BCUT2D eigenvalue weighted by Gasteiger charge is -2.17. The first-order chi connectivity index (χ1) is 16.0. The number of hydrogen-bond donors (Lipinski definition) is 1. The summed E-state index contributed by atoms with van der Waals surface area (Å²) in [5.41, 5.74) is 2.26. The average molecular weight is 446 g/mol. The third kappa shape index (κ3) is 3.95. The van der Waals surface area contributed by atoms with Crippen LogP contribution >= 0.6 is 0 Å². The molecule has 0 amide bonds. The third-order valence-electron chi connectivity index (χ3n) is 5.50. The molecule has 1 unspecified atom stereocenters. The summed E-state index contributed by atoms with van der Waals surface area (Å²) in [6.07, 6.45) is 5.25. The number of aromatic nitrogens is 4. The number of aromatic amines is 1. The Morgan fingerprint density at radius 2 is 1.91 bits per heavy atom. The van der Waals surface area contributed by atoms with Crippen molar-refractivity contribution in [2.75, 3.05) is 13.7 Å². The molecule has 8 heteroatoms. The largest absolute Gasteiger partial charge is 0.493 e. The Bertz CT molecular complexity index is 1430. The number of H-pyrrole nitrogens is 1. The maximum absolute atomic E-state index is 15.1. The quantitative estimate of drug-likeness (QED) is 0.342. The van der Waals surface area contributed by atoms with E-state index in [2.05, 4.69) is 15.1 Å². The minimum Gasteiger partial charge on any atom is -0.493 e. The number of methoxy groups -OCH3 is 1. The molecular formula is C25H23FN4O3. The van der Waals surface area contributed by atoms with Crippen LogP contribution in [0.1, 0.15) is 18.7 Å². The Morgan fingerprint density at radius 1 is 1.03 bits per heavy atom. The molecule has 0 saturated carbocycles. The maximum atomic E-state index is 15.1. The highest BCUT2D eigenvalue weighted by Gasteiger charge is 2.16. The number of halogens is 1. The lowest BCUT2D eigenvalue weighted by molar-refractivity contribution is 0.240. The highest BCUT2D eigenvalue weighted by Crippen LogP contribution is 2.38. The highest BCUT2D eigenvalue weighted by molar-refractivity contribution is 5.89. The number of ether oxygens (including phenoxy) is 3. The van der Waals surface area contributed by atoms with Crippen LogP contribution < -0.4 is 14.2 Å². The van der Waals surface area contributed by atoms with Crippen LogP contribution in [0.3, 0.4) is 0 Å². The summed E-state index contributed by atoms with van der Waals surface area (Å²) < 4.78 is 34.5. The molecule has 33 heavy (non-hydrogen) atoms. The van der Waals surface area contributed by atoms with E-state index in [4.69, 9.17) is 14.2 Å². The van der Waals surface area contributed by atoms with Gasteiger partial charge in [0.25, 0.3) is 0 Å². The van der Waals surface area contributed by atoms with Gasteiger partial charge in [-0.2, -0.15) is 5.10 Å². The molecule has 0 aliphatic heterocycles. The molecule has 0 radical (unpaired) electrons. The van der Waals surface area contributed by atoms with Crippen LogP contribution in [0.15, 0.2) is 61.1 Å². The van der Waals surface area contributed by atoms with Gasteiger partial charge in [0.15, 0.2) is 23.1 Å². The van der Waals surface area contributed by atoms with Crippen molar-refractivity contribution in [2.45, 2.75) is 19.9 Å². The summed E-state index contributed by atoms with van der Waals surface area (Å²) in [5.74, 6) is 1.29. The molecule has 1 atom stereocenters. The third-order valence-corrected chi connectivity index (χ3v) is 5.50. The van der Waals surface area contributed by atoms with E-state index >= 15 is 4.39 Å². The predicted octanol–water partition coefficient (Wildman–Crippen LogP) is 5.80. The van der Waals surface area contributed by atoms with E-state index in [0.717, 1.165) is 11.2 Å². The van der Waals surface area contributed by atoms with Gasteiger partial charge in [0.05, 0.1) is 18.7 Å². The molecule has 168 valence electrons. The van der Waals surface area contributed by atoms with Crippen LogP contribution in [0.25, 0.3) is 21.8 Å². The number of rotatable bonds is 7. The van der Waals surface area contributed by atoms with Crippen LogP contribution in [0.4, 0.5) is 4.39 Å². The standard InChI is InChI=1S/C25H23FN4O3/c1-15-11-18-19(29-15)5-6-22(25(18)26)33-21-7-9-27-20-13-24(23(31-3)12-17(20)21)32-14-16(2)30-10-4-8-28-30/h4-13,16,29H,14H2,1-3H3. The van der Waals surface area contributed by atoms with Crippen molar-refractivity contribution in [3.63, 3.8) is 0 Å². The number of hydrogen-bond acceptors (Lipinski definition) is 5.